The molecule has 0 aromatic heterocycles. The monoisotopic (exact) mass is 398 g/mol. The van der Waals surface area contributed by atoms with Crippen molar-refractivity contribution in [1.29, 1.82) is 0 Å². The van der Waals surface area contributed by atoms with Crippen molar-refractivity contribution in [2.24, 2.45) is 5.73 Å². The van der Waals surface area contributed by atoms with Crippen LogP contribution in [0.4, 0.5) is 0 Å². The molecule has 0 fully saturated rings. The van der Waals surface area contributed by atoms with Crippen molar-refractivity contribution >= 4 is 34.0 Å². The standard InChI is InChI=1S/C13H38N2O4Si4/c1-20(2,3)17-22(7,8)19-23(16,18-21(4,5)6)13-9-11-15-12-10-14/h15-16H,9-14H2,1-8H3. The molecule has 140 valence electrons. The first kappa shape index (κ1) is 23.6. The zero-order valence-corrected chi connectivity index (χ0v) is 20.3. The molecule has 0 saturated carbocycles. The Hall–Kier alpha value is 0.628. The average molecular weight is 399 g/mol. The van der Waals surface area contributed by atoms with Gasteiger partial charge in [-0.1, -0.05) is 0 Å². The summed E-state index contributed by atoms with van der Waals surface area (Å²) >= 11 is 0. The van der Waals surface area contributed by atoms with E-state index in [1.165, 1.54) is 0 Å². The number of nitrogens with one attached hydrogen (secondary N) is 1. The summed E-state index contributed by atoms with van der Waals surface area (Å²) < 4.78 is 18.5. The van der Waals surface area contributed by atoms with E-state index in [9.17, 15) is 4.80 Å². The van der Waals surface area contributed by atoms with Crippen LogP contribution in [0.25, 0.3) is 0 Å². The van der Waals surface area contributed by atoms with E-state index in [0.717, 1.165) is 19.5 Å². The molecular formula is C13H38N2O4Si4. The van der Waals surface area contributed by atoms with E-state index in [1.54, 1.807) is 0 Å². The molecule has 0 bridgehead atoms. The van der Waals surface area contributed by atoms with E-state index in [1.807, 2.05) is 13.1 Å². The fourth-order valence-electron chi connectivity index (χ4n) is 2.41. The lowest BCUT2D eigenvalue weighted by atomic mass is 10.5. The Morgan fingerprint density at radius 1 is 0.826 bits per heavy atom. The van der Waals surface area contributed by atoms with Crippen LogP contribution in [0, 0.1) is 0 Å². The van der Waals surface area contributed by atoms with E-state index in [0.29, 0.717) is 12.6 Å². The van der Waals surface area contributed by atoms with E-state index < -0.39 is 34.0 Å². The minimum Gasteiger partial charge on any atom is -0.437 e. The summed E-state index contributed by atoms with van der Waals surface area (Å²) in [5.74, 6) is 0. The lowest BCUT2D eigenvalue weighted by Gasteiger charge is -2.39. The third kappa shape index (κ3) is 13.6. The van der Waals surface area contributed by atoms with Crippen LogP contribution >= 0.6 is 0 Å². The topological polar surface area (TPSA) is 86.0 Å². The summed E-state index contributed by atoms with van der Waals surface area (Å²) in [4.78, 5) is 11.1. The van der Waals surface area contributed by atoms with Crippen LogP contribution in [0.2, 0.25) is 58.4 Å². The molecule has 0 aromatic rings. The van der Waals surface area contributed by atoms with Gasteiger partial charge in [0, 0.05) is 19.1 Å². The molecule has 4 N–H and O–H groups in total. The van der Waals surface area contributed by atoms with Gasteiger partial charge in [-0.15, -0.1) is 0 Å². The molecule has 0 radical (unpaired) electrons. The van der Waals surface area contributed by atoms with Gasteiger partial charge in [-0.05, 0) is 65.3 Å². The van der Waals surface area contributed by atoms with Gasteiger partial charge in [0.05, 0.1) is 0 Å². The van der Waals surface area contributed by atoms with E-state index in [4.69, 9.17) is 18.1 Å². The van der Waals surface area contributed by atoms with E-state index >= 15 is 0 Å². The molecule has 0 spiro atoms. The molecule has 0 heterocycles. The molecule has 6 nitrogen and oxygen atoms in total. The van der Waals surface area contributed by atoms with Crippen molar-refractivity contribution < 1.29 is 17.1 Å². The largest absolute Gasteiger partial charge is 0.478 e. The predicted molar refractivity (Wildman–Crippen MR) is 107 cm³/mol. The Morgan fingerprint density at radius 2 is 1.35 bits per heavy atom. The Balaban J connectivity index is 4.84. The van der Waals surface area contributed by atoms with Crippen molar-refractivity contribution in [3.05, 3.63) is 0 Å². The van der Waals surface area contributed by atoms with Crippen LogP contribution in [0.15, 0.2) is 0 Å². The zero-order valence-electron chi connectivity index (χ0n) is 16.3. The summed E-state index contributed by atoms with van der Waals surface area (Å²) in [7, 11) is -9.27. The number of rotatable bonds is 12. The van der Waals surface area contributed by atoms with Crippen molar-refractivity contribution in [1.82, 2.24) is 5.32 Å². The van der Waals surface area contributed by atoms with Crippen LogP contribution in [0.5, 0.6) is 0 Å². The second-order valence-electron chi connectivity index (χ2n) is 8.29. The third-order valence-electron chi connectivity index (χ3n) is 2.59. The first-order valence-electron chi connectivity index (χ1n) is 8.42. The van der Waals surface area contributed by atoms with Gasteiger partial charge >= 0.3 is 17.4 Å². The second kappa shape index (κ2) is 9.36. The van der Waals surface area contributed by atoms with Crippen molar-refractivity contribution in [2.45, 2.75) is 64.8 Å². The fraction of sp³-hybridized carbons (Fsp3) is 1.00. The maximum Gasteiger partial charge on any atom is 0.478 e. The van der Waals surface area contributed by atoms with Crippen LogP contribution in [0.1, 0.15) is 6.42 Å². The van der Waals surface area contributed by atoms with Gasteiger partial charge in [-0.3, -0.25) is 0 Å². The molecule has 0 aliphatic heterocycles. The summed E-state index contributed by atoms with van der Waals surface area (Å²) in [5.41, 5.74) is 5.47. The molecular weight excluding hydrogens is 360 g/mol. The van der Waals surface area contributed by atoms with Gasteiger partial charge in [0.25, 0.3) is 0 Å². The highest BCUT2D eigenvalue weighted by Crippen LogP contribution is 2.25. The molecule has 1 unspecified atom stereocenters. The lowest BCUT2D eigenvalue weighted by Crippen LogP contribution is -2.58. The van der Waals surface area contributed by atoms with Gasteiger partial charge in [0.1, 0.15) is 0 Å². The Morgan fingerprint density at radius 3 is 1.78 bits per heavy atom. The van der Waals surface area contributed by atoms with Gasteiger partial charge in [-0.25, -0.2) is 0 Å². The molecule has 0 rings (SSSR count). The van der Waals surface area contributed by atoms with Crippen LogP contribution in [-0.4, -0.2) is 58.4 Å². The summed E-state index contributed by atoms with van der Waals surface area (Å²) in [5, 5.41) is 3.24. The molecule has 10 heteroatoms. The lowest BCUT2D eigenvalue weighted by molar-refractivity contribution is 0.218. The molecule has 0 saturated heterocycles. The number of nitrogens with two attached hydrogens (primary N) is 1. The van der Waals surface area contributed by atoms with Gasteiger partial charge in [-0.2, -0.15) is 0 Å². The Bertz CT molecular complexity index is 348. The van der Waals surface area contributed by atoms with Gasteiger partial charge in [0.15, 0.2) is 16.6 Å². The molecule has 0 amide bonds. The van der Waals surface area contributed by atoms with E-state index in [-0.39, 0.29) is 0 Å². The summed E-state index contributed by atoms with van der Waals surface area (Å²) in [6, 6.07) is 0.556. The molecule has 0 aliphatic carbocycles. The summed E-state index contributed by atoms with van der Waals surface area (Å²) in [6.45, 7) is 18.9. The highest BCUT2D eigenvalue weighted by molar-refractivity contribution is 6.87. The number of hydrogen-bond donors (Lipinski definition) is 3. The quantitative estimate of drug-likeness (QED) is 0.345. The minimum absolute atomic E-state index is 0.556. The Labute approximate surface area is 147 Å². The normalized spacial score (nSPS) is 16.4. The van der Waals surface area contributed by atoms with Crippen molar-refractivity contribution in [2.75, 3.05) is 19.6 Å². The third-order valence-corrected chi connectivity index (χ3v) is 15.0. The Kier molecular flexibility index (Phi) is 9.62. The van der Waals surface area contributed by atoms with Crippen molar-refractivity contribution in [3.8, 4) is 0 Å². The SMILES string of the molecule is C[Si](C)(C)O[Si](C)(C)O[Si](O)(CCCNCCN)O[Si](C)(C)C. The second-order valence-corrected chi connectivity index (χ2v) is 23.9. The van der Waals surface area contributed by atoms with Crippen LogP contribution < -0.4 is 11.1 Å². The first-order valence-corrected chi connectivity index (χ1v) is 20.0. The molecule has 0 aromatic carbocycles. The molecule has 0 aliphatic rings. The van der Waals surface area contributed by atoms with E-state index in [2.05, 4.69) is 44.6 Å². The first-order chi connectivity index (χ1) is 10.2. The van der Waals surface area contributed by atoms with Crippen LogP contribution in [-0.2, 0) is 12.3 Å². The van der Waals surface area contributed by atoms with Gasteiger partial charge in [0.2, 0.25) is 0 Å². The molecule has 1 atom stereocenters. The van der Waals surface area contributed by atoms with Gasteiger partial charge < -0.3 is 28.2 Å². The zero-order chi connectivity index (χ0) is 18.4. The predicted octanol–water partition coefficient (Wildman–Crippen LogP) is 2.28. The summed E-state index contributed by atoms with van der Waals surface area (Å²) in [6.07, 6.45) is 0.810. The fourth-order valence-corrected chi connectivity index (χ4v) is 17.7. The maximum absolute atomic E-state index is 11.1. The highest BCUT2D eigenvalue weighted by Gasteiger charge is 2.47. The highest BCUT2D eigenvalue weighted by atomic mass is 28.5. The maximum atomic E-state index is 11.1. The van der Waals surface area contributed by atoms with Crippen LogP contribution in [0.3, 0.4) is 0 Å². The molecule has 23 heavy (non-hydrogen) atoms. The number of hydrogen-bond acceptors (Lipinski definition) is 6. The minimum atomic E-state index is -3.23. The van der Waals surface area contributed by atoms with Crippen molar-refractivity contribution in [3.63, 3.8) is 0 Å². The average Bonchev–Trinajstić information content (AvgIpc) is 2.20. The smallest absolute Gasteiger partial charge is 0.437 e.